The highest BCUT2D eigenvalue weighted by atomic mass is 15.2. The predicted octanol–water partition coefficient (Wildman–Crippen LogP) is 3.36. The summed E-state index contributed by atoms with van der Waals surface area (Å²) in [5, 5.41) is 0. The molecule has 2 fully saturated rings. The lowest BCUT2D eigenvalue weighted by Gasteiger charge is -2.40. The average Bonchev–Trinajstić information content (AvgIpc) is 2.71. The fourth-order valence-electron chi connectivity index (χ4n) is 4.29. The van der Waals surface area contributed by atoms with E-state index in [1.54, 1.807) is 0 Å². The molecule has 1 heterocycles. The second kappa shape index (κ2) is 5.73. The summed E-state index contributed by atoms with van der Waals surface area (Å²) in [6.07, 6.45) is 3.97. The standard InChI is InChI=1S/C17H34N2/c1-12-8-13(2)15(16(18)9-12)11-19-7-6-14(10-19)17(3,4)5/h12-16H,6-11,18H2,1-5H3. The van der Waals surface area contributed by atoms with Crippen LogP contribution in [0.5, 0.6) is 0 Å². The molecule has 0 aromatic carbocycles. The highest BCUT2D eigenvalue weighted by Gasteiger charge is 2.36. The molecule has 2 N–H and O–H groups in total. The number of likely N-dealkylation sites (tertiary alicyclic amines) is 1. The van der Waals surface area contributed by atoms with Gasteiger partial charge in [0, 0.05) is 19.1 Å². The van der Waals surface area contributed by atoms with Gasteiger partial charge in [0.2, 0.25) is 0 Å². The SMILES string of the molecule is CC1CC(C)C(CN2CCC(C(C)(C)C)C2)C(N)C1. The third kappa shape index (κ3) is 3.72. The molecule has 112 valence electrons. The zero-order valence-corrected chi connectivity index (χ0v) is 13.7. The van der Waals surface area contributed by atoms with Gasteiger partial charge in [-0.1, -0.05) is 34.6 Å². The van der Waals surface area contributed by atoms with Crippen LogP contribution in [0.1, 0.15) is 53.9 Å². The molecule has 1 aliphatic carbocycles. The molecule has 0 amide bonds. The Kier molecular flexibility index (Phi) is 4.62. The maximum absolute atomic E-state index is 6.43. The van der Waals surface area contributed by atoms with Crippen molar-refractivity contribution < 1.29 is 0 Å². The normalized spacial score (nSPS) is 41.7. The molecule has 19 heavy (non-hydrogen) atoms. The van der Waals surface area contributed by atoms with E-state index < -0.39 is 0 Å². The fourth-order valence-corrected chi connectivity index (χ4v) is 4.29. The number of nitrogens with two attached hydrogens (primary N) is 1. The van der Waals surface area contributed by atoms with Gasteiger partial charge in [-0.15, -0.1) is 0 Å². The van der Waals surface area contributed by atoms with Gasteiger partial charge < -0.3 is 10.6 Å². The predicted molar refractivity (Wildman–Crippen MR) is 83.0 cm³/mol. The Morgan fingerprint density at radius 2 is 1.84 bits per heavy atom. The molecule has 0 radical (unpaired) electrons. The quantitative estimate of drug-likeness (QED) is 0.830. The van der Waals surface area contributed by atoms with Crippen molar-refractivity contribution in [3.05, 3.63) is 0 Å². The Bertz CT molecular complexity index is 282. The molecule has 0 aromatic heterocycles. The lowest BCUT2D eigenvalue weighted by atomic mass is 9.72. The smallest absolute Gasteiger partial charge is 0.00844 e. The summed E-state index contributed by atoms with van der Waals surface area (Å²) in [6, 6.07) is 0.424. The highest BCUT2D eigenvalue weighted by Crippen LogP contribution is 2.37. The first-order chi connectivity index (χ1) is 8.77. The summed E-state index contributed by atoms with van der Waals surface area (Å²) in [5.74, 6) is 3.20. The molecule has 2 rings (SSSR count). The summed E-state index contributed by atoms with van der Waals surface area (Å²) in [4.78, 5) is 2.69. The second-order valence-electron chi connectivity index (χ2n) is 8.49. The Morgan fingerprint density at radius 3 is 2.37 bits per heavy atom. The van der Waals surface area contributed by atoms with Crippen molar-refractivity contribution >= 4 is 0 Å². The Morgan fingerprint density at radius 1 is 1.16 bits per heavy atom. The molecule has 2 nitrogen and oxygen atoms in total. The number of nitrogens with zero attached hydrogens (tertiary/aromatic N) is 1. The van der Waals surface area contributed by atoms with Gasteiger partial charge >= 0.3 is 0 Å². The summed E-state index contributed by atoms with van der Waals surface area (Å²) < 4.78 is 0. The molecule has 5 atom stereocenters. The van der Waals surface area contributed by atoms with E-state index in [4.69, 9.17) is 5.73 Å². The van der Waals surface area contributed by atoms with E-state index in [1.807, 2.05) is 0 Å². The van der Waals surface area contributed by atoms with Crippen molar-refractivity contribution in [2.45, 2.75) is 59.9 Å². The summed E-state index contributed by atoms with van der Waals surface area (Å²) in [6.45, 7) is 15.7. The van der Waals surface area contributed by atoms with Crippen LogP contribution in [0, 0.1) is 29.1 Å². The third-order valence-corrected chi connectivity index (χ3v) is 5.70. The average molecular weight is 266 g/mol. The largest absolute Gasteiger partial charge is 0.327 e. The van der Waals surface area contributed by atoms with Gasteiger partial charge in [-0.05, 0) is 54.9 Å². The van der Waals surface area contributed by atoms with Gasteiger partial charge in [-0.25, -0.2) is 0 Å². The van der Waals surface area contributed by atoms with Crippen LogP contribution in [-0.4, -0.2) is 30.6 Å². The van der Waals surface area contributed by atoms with E-state index in [1.165, 1.54) is 38.9 Å². The lowest BCUT2D eigenvalue weighted by molar-refractivity contribution is 0.123. The van der Waals surface area contributed by atoms with Crippen LogP contribution in [0.3, 0.4) is 0 Å². The monoisotopic (exact) mass is 266 g/mol. The van der Waals surface area contributed by atoms with Crippen molar-refractivity contribution in [1.29, 1.82) is 0 Å². The number of hydrogen-bond acceptors (Lipinski definition) is 2. The molecular formula is C17H34N2. The first-order valence-corrected chi connectivity index (χ1v) is 8.25. The van der Waals surface area contributed by atoms with Crippen LogP contribution in [0.2, 0.25) is 0 Å². The topological polar surface area (TPSA) is 29.3 Å². The lowest BCUT2D eigenvalue weighted by Crippen LogP contribution is -2.46. The van der Waals surface area contributed by atoms with Crippen LogP contribution in [0.25, 0.3) is 0 Å². The van der Waals surface area contributed by atoms with E-state index in [-0.39, 0.29) is 0 Å². The molecule has 0 bridgehead atoms. The second-order valence-corrected chi connectivity index (χ2v) is 8.49. The first-order valence-electron chi connectivity index (χ1n) is 8.25. The van der Waals surface area contributed by atoms with E-state index >= 15 is 0 Å². The van der Waals surface area contributed by atoms with Gasteiger partial charge in [0.05, 0.1) is 0 Å². The van der Waals surface area contributed by atoms with Gasteiger partial charge in [-0.3, -0.25) is 0 Å². The van der Waals surface area contributed by atoms with Gasteiger partial charge in [-0.2, -0.15) is 0 Å². The highest BCUT2D eigenvalue weighted by molar-refractivity contribution is 4.90. The van der Waals surface area contributed by atoms with E-state index in [9.17, 15) is 0 Å². The maximum Gasteiger partial charge on any atom is 0.00844 e. The van der Waals surface area contributed by atoms with Crippen molar-refractivity contribution in [2.75, 3.05) is 19.6 Å². The summed E-state index contributed by atoms with van der Waals surface area (Å²) in [7, 11) is 0. The minimum absolute atomic E-state index is 0.424. The first kappa shape index (κ1) is 15.3. The molecule has 5 unspecified atom stereocenters. The van der Waals surface area contributed by atoms with E-state index in [0.717, 1.165) is 23.7 Å². The zero-order chi connectivity index (χ0) is 14.2. The zero-order valence-electron chi connectivity index (χ0n) is 13.7. The summed E-state index contributed by atoms with van der Waals surface area (Å²) in [5.41, 5.74) is 6.89. The molecule has 2 heteroatoms. The van der Waals surface area contributed by atoms with Crippen molar-refractivity contribution in [2.24, 2.45) is 34.8 Å². The van der Waals surface area contributed by atoms with Crippen LogP contribution >= 0.6 is 0 Å². The van der Waals surface area contributed by atoms with E-state index in [0.29, 0.717) is 11.5 Å². The third-order valence-electron chi connectivity index (χ3n) is 5.70. The van der Waals surface area contributed by atoms with Gasteiger partial charge in [0.15, 0.2) is 0 Å². The Labute approximate surface area is 120 Å². The number of hydrogen-bond donors (Lipinski definition) is 1. The van der Waals surface area contributed by atoms with Gasteiger partial charge in [0.25, 0.3) is 0 Å². The molecule has 1 aliphatic heterocycles. The van der Waals surface area contributed by atoms with Crippen molar-refractivity contribution in [3.8, 4) is 0 Å². The number of rotatable bonds is 2. The fraction of sp³-hybridized carbons (Fsp3) is 1.00. The molecule has 1 saturated carbocycles. The Hall–Kier alpha value is -0.0800. The Balaban J connectivity index is 1.88. The molecule has 0 spiro atoms. The molecule has 2 aliphatic rings. The van der Waals surface area contributed by atoms with Crippen molar-refractivity contribution in [3.63, 3.8) is 0 Å². The summed E-state index contributed by atoms with van der Waals surface area (Å²) >= 11 is 0. The van der Waals surface area contributed by atoms with Crippen LogP contribution in [0.4, 0.5) is 0 Å². The van der Waals surface area contributed by atoms with Crippen LogP contribution < -0.4 is 5.73 Å². The maximum atomic E-state index is 6.43. The minimum Gasteiger partial charge on any atom is -0.327 e. The van der Waals surface area contributed by atoms with Gasteiger partial charge in [0.1, 0.15) is 0 Å². The molecule has 1 saturated heterocycles. The van der Waals surface area contributed by atoms with Crippen LogP contribution in [-0.2, 0) is 0 Å². The van der Waals surface area contributed by atoms with Crippen molar-refractivity contribution in [1.82, 2.24) is 4.90 Å². The molecule has 0 aromatic rings. The minimum atomic E-state index is 0.424. The molecular weight excluding hydrogens is 232 g/mol. The van der Waals surface area contributed by atoms with E-state index in [2.05, 4.69) is 39.5 Å². The van der Waals surface area contributed by atoms with Crippen LogP contribution in [0.15, 0.2) is 0 Å².